The average Bonchev–Trinajstić information content (AvgIpc) is 3.06. The molecule has 2 aromatic rings. The predicted molar refractivity (Wildman–Crippen MR) is 109 cm³/mol. The number of morpholine rings is 1. The smallest absolute Gasteiger partial charge is 0.234 e. The van der Waals surface area contributed by atoms with Crippen molar-refractivity contribution < 1.29 is 14.3 Å². The first-order chi connectivity index (χ1) is 12.7. The van der Waals surface area contributed by atoms with Crippen molar-refractivity contribution in [1.82, 2.24) is 0 Å². The second kappa shape index (κ2) is 8.62. The fraction of sp³-hybridized carbons (Fsp3) is 0.278. The summed E-state index contributed by atoms with van der Waals surface area (Å²) in [5.41, 5.74) is 1.18. The zero-order valence-corrected chi connectivity index (χ0v) is 16.8. The van der Waals surface area contributed by atoms with E-state index in [2.05, 4.69) is 11.4 Å². The molecule has 26 heavy (non-hydrogen) atoms. The molecule has 8 heteroatoms. The van der Waals surface area contributed by atoms with Gasteiger partial charge in [0, 0.05) is 18.7 Å². The van der Waals surface area contributed by atoms with Crippen LogP contribution in [0.1, 0.15) is 20.8 Å². The number of carbonyl (C=O) groups excluding carboxylic acids is 2. The van der Waals surface area contributed by atoms with Crippen molar-refractivity contribution in [2.45, 2.75) is 0 Å². The number of halogens is 1. The molecule has 0 radical (unpaired) electrons. The Labute approximate surface area is 168 Å². The van der Waals surface area contributed by atoms with Crippen LogP contribution in [0.4, 0.5) is 10.7 Å². The molecule has 3 rings (SSSR count). The minimum atomic E-state index is -0.240. The summed E-state index contributed by atoms with van der Waals surface area (Å²) in [7, 11) is 0. The summed E-state index contributed by atoms with van der Waals surface area (Å²) < 4.78 is 5.61. The number of ether oxygens (including phenoxy) is 1. The van der Waals surface area contributed by atoms with E-state index in [4.69, 9.17) is 4.74 Å². The minimum Gasteiger partial charge on any atom is -0.378 e. The number of nitrogens with zero attached hydrogens (tertiary/aromatic N) is 2. The fourth-order valence-corrected chi connectivity index (χ4v) is 4.10. The van der Waals surface area contributed by atoms with Crippen molar-refractivity contribution in [3.8, 4) is 6.07 Å². The second-order valence-corrected chi connectivity index (χ2v) is 7.34. The standard InChI is InChI=1S/C18H16IN3O3S/c19-10-14(23)21-15-13(11-20)18(22-6-8-25-9-7-22)26-17(15)16(24)12-4-2-1-3-5-12/h1-5H,6-10H2,(H,21,23). The van der Waals surface area contributed by atoms with Gasteiger partial charge in [-0.2, -0.15) is 5.26 Å². The first-order valence-electron chi connectivity index (χ1n) is 8.01. The molecule has 2 heterocycles. The van der Waals surface area contributed by atoms with E-state index < -0.39 is 0 Å². The van der Waals surface area contributed by atoms with E-state index in [9.17, 15) is 14.9 Å². The number of carbonyl (C=O) groups is 2. The minimum absolute atomic E-state index is 0.199. The first-order valence-corrected chi connectivity index (χ1v) is 10.3. The van der Waals surface area contributed by atoms with Crippen molar-refractivity contribution in [3.05, 3.63) is 46.3 Å². The Balaban J connectivity index is 2.09. The molecule has 0 atom stereocenters. The lowest BCUT2D eigenvalue weighted by Gasteiger charge is -2.27. The lowest BCUT2D eigenvalue weighted by Crippen LogP contribution is -2.36. The molecule has 1 saturated heterocycles. The zero-order valence-electron chi connectivity index (χ0n) is 13.8. The molecule has 0 aliphatic carbocycles. The van der Waals surface area contributed by atoms with Crippen molar-refractivity contribution in [1.29, 1.82) is 5.26 Å². The Bertz CT molecular complexity index is 855. The molecule has 1 aliphatic rings. The van der Waals surface area contributed by atoms with Gasteiger partial charge < -0.3 is 15.0 Å². The average molecular weight is 481 g/mol. The second-order valence-electron chi connectivity index (χ2n) is 5.57. The van der Waals surface area contributed by atoms with Gasteiger partial charge in [0.05, 0.1) is 23.3 Å². The number of hydrogen-bond acceptors (Lipinski definition) is 6. The van der Waals surface area contributed by atoms with E-state index in [0.717, 1.165) is 0 Å². The van der Waals surface area contributed by atoms with Crippen LogP contribution in [0.25, 0.3) is 0 Å². The highest BCUT2D eigenvalue weighted by atomic mass is 127. The lowest BCUT2D eigenvalue weighted by atomic mass is 10.1. The van der Waals surface area contributed by atoms with Gasteiger partial charge in [-0.05, 0) is 0 Å². The monoisotopic (exact) mass is 481 g/mol. The number of ketones is 1. The SMILES string of the molecule is N#Cc1c(N2CCOCC2)sc(C(=O)c2ccccc2)c1NC(=O)CI. The summed E-state index contributed by atoms with van der Waals surface area (Å²) in [6.07, 6.45) is 0. The molecule has 0 unspecified atom stereocenters. The maximum atomic E-state index is 13.0. The lowest BCUT2D eigenvalue weighted by molar-refractivity contribution is -0.113. The highest BCUT2D eigenvalue weighted by molar-refractivity contribution is 14.1. The van der Waals surface area contributed by atoms with Gasteiger partial charge in [0.25, 0.3) is 0 Å². The third-order valence-corrected chi connectivity index (χ3v) is 5.87. The molecule has 0 saturated carbocycles. The van der Waals surface area contributed by atoms with Gasteiger partial charge >= 0.3 is 0 Å². The molecule has 134 valence electrons. The van der Waals surface area contributed by atoms with Crippen LogP contribution in [0, 0.1) is 11.3 Å². The van der Waals surface area contributed by atoms with E-state index in [1.807, 2.05) is 33.6 Å². The predicted octanol–water partition coefficient (Wildman–Crippen LogP) is 3.06. The molecule has 0 spiro atoms. The maximum Gasteiger partial charge on any atom is 0.234 e. The Hall–Kier alpha value is -1.96. The van der Waals surface area contributed by atoms with Gasteiger partial charge in [-0.1, -0.05) is 52.9 Å². The van der Waals surface area contributed by atoms with Crippen molar-refractivity contribution >= 4 is 56.3 Å². The Kier molecular flexibility index (Phi) is 6.24. The summed E-state index contributed by atoms with van der Waals surface area (Å²) in [5, 5.41) is 13.2. The number of amides is 1. The van der Waals surface area contributed by atoms with E-state index in [-0.39, 0.29) is 16.1 Å². The third kappa shape index (κ3) is 3.90. The molecule has 1 aliphatic heterocycles. The molecule has 1 aromatic carbocycles. The van der Waals surface area contributed by atoms with Crippen LogP contribution >= 0.6 is 33.9 Å². The molecular formula is C18H16IN3O3S. The molecule has 0 bridgehead atoms. The zero-order chi connectivity index (χ0) is 18.5. The van der Waals surface area contributed by atoms with Crippen LogP contribution < -0.4 is 10.2 Å². The summed E-state index contributed by atoms with van der Waals surface area (Å²) in [4.78, 5) is 27.4. The number of hydrogen-bond donors (Lipinski definition) is 1. The number of nitriles is 1. The number of benzene rings is 1. The first kappa shape index (κ1) is 18.8. The van der Waals surface area contributed by atoms with Crippen LogP contribution in [0.15, 0.2) is 30.3 Å². The van der Waals surface area contributed by atoms with Crippen molar-refractivity contribution in [2.75, 3.05) is 40.9 Å². The number of alkyl halides is 1. The van der Waals surface area contributed by atoms with Crippen LogP contribution in [-0.2, 0) is 9.53 Å². The van der Waals surface area contributed by atoms with Crippen LogP contribution in [0.5, 0.6) is 0 Å². The Morgan fingerprint density at radius 2 is 1.96 bits per heavy atom. The molecule has 1 amide bonds. The van der Waals surface area contributed by atoms with E-state index >= 15 is 0 Å². The van der Waals surface area contributed by atoms with Gasteiger partial charge in [-0.3, -0.25) is 9.59 Å². The van der Waals surface area contributed by atoms with E-state index in [0.29, 0.717) is 53.0 Å². The summed E-state index contributed by atoms with van der Waals surface area (Å²) >= 11 is 3.21. The van der Waals surface area contributed by atoms with Gasteiger partial charge in [0.15, 0.2) is 0 Å². The van der Waals surface area contributed by atoms with Crippen LogP contribution in [0.2, 0.25) is 0 Å². The Morgan fingerprint density at radius 3 is 2.58 bits per heavy atom. The van der Waals surface area contributed by atoms with E-state index in [1.165, 1.54) is 11.3 Å². The molecule has 6 nitrogen and oxygen atoms in total. The van der Waals surface area contributed by atoms with Crippen LogP contribution in [-0.4, -0.2) is 42.4 Å². The van der Waals surface area contributed by atoms with E-state index in [1.54, 1.807) is 24.3 Å². The molecular weight excluding hydrogens is 465 g/mol. The molecule has 1 aromatic heterocycles. The van der Waals surface area contributed by atoms with Gasteiger partial charge in [-0.25, -0.2) is 0 Å². The topological polar surface area (TPSA) is 82.4 Å². The van der Waals surface area contributed by atoms with Gasteiger partial charge in [0.2, 0.25) is 11.7 Å². The quantitative estimate of drug-likeness (QED) is 0.404. The number of nitrogens with one attached hydrogen (secondary N) is 1. The van der Waals surface area contributed by atoms with Crippen molar-refractivity contribution in [3.63, 3.8) is 0 Å². The number of thiophene rings is 1. The normalized spacial score (nSPS) is 13.9. The fourth-order valence-electron chi connectivity index (χ4n) is 2.68. The maximum absolute atomic E-state index is 13.0. The molecule has 1 N–H and O–H groups in total. The highest BCUT2D eigenvalue weighted by Crippen LogP contribution is 2.41. The summed E-state index contributed by atoms with van der Waals surface area (Å²) in [6, 6.07) is 11.0. The largest absolute Gasteiger partial charge is 0.378 e. The summed E-state index contributed by atoms with van der Waals surface area (Å²) in [6.45, 7) is 2.43. The summed E-state index contributed by atoms with van der Waals surface area (Å²) in [5.74, 6) is -0.439. The van der Waals surface area contributed by atoms with Gasteiger partial charge in [-0.15, -0.1) is 11.3 Å². The highest BCUT2D eigenvalue weighted by Gasteiger charge is 2.28. The molecule has 1 fully saturated rings. The number of anilines is 2. The number of rotatable bonds is 5. The van der Waals surface area contributed by atoms with Crippen molar-refractivity contribution in [2.24, 2.45) is 0 Å². The van der Waals surface area contributed by atoms with Crippen LogP contribution in [0.3, 0.4) is 0 Å². The Morgan fingerprint density at radius 1 is 1.27 bits per heavy atom. The third-order valence-electron chi connectivity index (χ3n) is 3.93. The van der Waals surface area contributed by atoms with Gasteiger partial charge in [0.1, 0.15) is 21.5 Å².